The number of amides is 1. The Morgan fingerprint density at radius 2 is 2.24 bits per heavy atom. The average Bonchev–Trinajstić information content (AvgIpc) is 2.38. The summed E-state index contributed by atoms with van der Waals surface area (Å²) in [4.78, 5) is 15.5. The molecule has 1 saturated heterocycles. The molecular weight excluding hydrogens is 232 g/mol. The van der Waals surface area contributed by atoms with Crippen LogP contribution in [-0.2, 0) is 0 Å². The van der Waals surface area contributed by atoms with Gasteiger partial charge in [-0.2, -0.15) is 0 Å². The number of thioether (sulfide) groups is 1. The molecule has 0 aliphatic carbocycles. The van der Waals surface area contributed by atoms with Crippen molar-refractivity contribution in [3.05, 3.63) is 29.8 Å². The normalized spacial score (nSPS) is 20.4. The predicted molar refractivity (Wildman–Crippen MR) is 71.6 cm³/mol. The summed E-state index contributed by atoms with van der Waals surface area (Å²) in [6, 6.07) is 8.10. The highest BCUT2D eigenvalue weighted by atomic mass is 32.2. The van der Waals surface area contributed by atoms with Gasteiger partial charge >= 0.3 is 0 Å². The molecule has 1 heterocycles. The van der Waals surface area contributed by atoms with E-state index in [1.54, 1.807) is 11.8 Å². The molecule has 1 fully saturated rings. The predicted octanol–water partition coefficient (Wildman–Crippen LogP) is 1.84. The van der Waals surface area contributed by atoms with Gasteiger partial charge < -0.3 is 10.2 Å². The minimum absolute atomic E-state index is 0.156. The van der Waals surface area contributed by atoms with Gasteiger partial charge in [-0.15, -0.1) is 11.8 Å². The van der Waals surface area contributed by atoms with Gasteiger partial charge in [-0.25, -0.2) is 0 Å². The Balaban J connectivity index is 2.23. The highest BCUT2D eigenvalue weighted by Crippen LogP contribution is 2.22. The second kappa shape index (κ2) is 5.56. The van der Waals surface area contributed by atoms with Crippen LogP contribution >= 0.6 is 11.8 Å². The summed E-state index contributed by atoms with van der Waals surface area (Å²) >= 11 is 1.63. The van der Waals surface area contributed by atoms with Gasteiger partial charge in [0, 0.05) is 30.6 Å². The van der Waals surface area contributed by atoms with Crippen LogP contribution in [0.2, 0.25) is 0 Å². The van der Waals surface area contributed by atoms with Crippen LogP contribution in [-0.4, -0.2) is 42.7 Å². The highest BCUT2D eigenvalue weighted by molar-refractivity contribution is 7.98. The summed E-state index contributed by atoms with van der Waals surface area (Å²) in [7, 11) is 0. The molecule has 1 unspecified atom stereocenters. The number of carbonyl (C=O) groups is 1. The summed E-state index contributed by atoms with van der Waals surface area (Å²) in [5, 5.41) is 3.30. The van der Waals surface area contributed by atoms with Gasteiger partial charge in [0.25, 0.3) is 5.91 Å². The minimum atomic E-state index is 0.156. The van der Waals surface area contributed by atoms with E-state index in [1.165, 1.54) is 0 Å². The molecule has 1 atom stereocenters. The van der Waals surface area contributed by atoms with Gasteiger partial charge in [-0.3, -0.25) is 4.79 Å². The number of benzene rings is 1. The lowest BCUT2D eigenvalue weighted by atomic mass is 10.1. The zero-order valence-electron chi connectivity index (χ0n) is 10.3. The third-order valence-electron chi connectivity index (χ3n) is 3.10. The Morgan fingerprint density at radius 3 is 2.94 bits per heavy atom. The first-order valence-corrected chi connectivity index (χ1v) is 7.11. The second-order valence-corrected chi connectivity index (χ2v) is 5.10. The molecular formula is C13H18N2OS. The number of hydrogen-bond acceptors (Lipinski definition) is 3. The van der Waals surface area contributed by atoms with Crippen LogP contribution in [0.4, 0.5) is 0 Å². The maximum Gasteiger partial charge on any atom is 0.255 e. The van der Waals surface area contributed by atoms with Crippen molar-refractivity contribution in [3.8, 4) is 0 Å². The molecule has 1 amide bonds. The minimum Gasteiger partial charge on any atom is -0.333 e. The van der Waals surface area contributed by atoms with E-state index in [2.05, 4.69) is 12.2 Å². The van der Waals surface area contributed by atoms with Gasteiger partial charge in [0.15, 0.2) is 0 Å². The Hall–Kier alpha value is -1.00. The molecule has 0 saturated carbocycles. The fourth-order valence-corrected chi connectivity index (χ4v) is 2.71. The first-order valence-electron chi connectivity index (χ1n) is 5.88. The lowest BCUT2D eigenvalue weighted by Gasteiger charge is -2.34. The van der Waals surface area contributed by atoms with Crippen molar-refractivity contribution < 1.29 is 4.79 Å². The first-order chi connectivity index (χ1) is 8.24. The summed E-state index contributed by atoms with van der Waals surface area (Å²) in [5.74, 6) is 0.156. The van der Waals surface area contributed by atoms with Crippen LogP contribution in [0.1, 0.15) is 17.3 Å². The molecule has 0 aromatic heterocycles. The topological polar surface area (TPSA) is 32.3 Å². The molecule has 0 radical (unpaired) electrons. The smallest absolute Gasteiger partial charge is 0.255 e. The molecule has 17 heavy (non-hydrogen) atoms. The molecule has 0 spiro atoms. The van der Waals surface area contributed by atoms with E-state index in [0.29, 0.717) is 0 Å². The maximum atomic E-state index is 12.5. The van der Waals surface area contributed by atoms with Crippen molar-refractivity contribution in [1.29, 1.82) is 0 Å². The van der Waals surface area contributed by atoms with E-state index in [0.717, 1.165) is 30.1 Å². The van der Waals surface area contributed by atoms with E-state index in [-0.39, 0.29) is 11.9 Å². The standard InChI is InChI=1S/C13H18N2OS/c1-10-9-14-7-8-15(10)13(16)11-5-3-4-6-12(11)17-2/h3-6,10,14H,7-9H2,1-2H3. The lowest BCUT2D eigenvalue weighted by molar-refractivity contribution is 0.0652. The van der Waals surface area contributed by atoms with Crippen molar-refractivity contribution in [3.63, 3.8) is 0 Å². The average molecular weight is 250 g/mol. The monoisotopic (exact) mass is 250 g/mol. The number of nitrogens with one attached hydrogen (secondary N) is 1. The number of carbonyl (C=O) groups excluding carboxylic acids is 1. The molecule has 1 N–H and O–H groups in total. The largest absolute Gasteiger partial charge is 0.333 e. The van der Waals surface area contributed by atoms with Crippen LogP contribution in [0.3, 0.4) is 0 Å². The van der Waals surface area contributed by atoms with Crippen molar-refractivity contribution >= 4 is 17.7 Å². The van der Waals surface area contributed by atoms with E-state index < -0.39 is 0 Å². The molecule has 1 aromatic carbocycles. The first kappa shape index (κ1) is 12.5. The van der Waals surface area contributed by atoms with Gasteiger partial charge in [0.2, 0.25) is 0 Å². The van der Waals surface area contributed by atoms with Gasteiger partial charge in [-0.1, -0.05) is 12.1 Å². The van der Waals surface area contributed by atoms with Crippen LogP contribution < -0.4 is 5.32 Å². The third-order valence-corrected chi connectivity index (χ3v) is 3.90. The number of rotatable bonds is 2. The van der Waals surface area contributed by atoms with Gasteiger partial charge in [-0.05, 0) is 25.3 Å². The zero-order valence-corrected chi connectivity index (χ0v) is 11.1. The van der Waals surface area contributed by atoms with Crippen molar-refractivity contribution in [1.82, 2.24) is 10.2 Å². The lowest BCUT2D eigenvalue weighted by Crippen LogP contribution is -2.52. The van der Waals surface area contributed by atoms with Crippen molar-refractivity contribution in [2.45, 2.75) is 17.9 Å². The number of nitrogens with zero attached hydrogens (tertiary/aromatic N) is 1. The number of piperazine rings is 1. The van der Waals surface area contributed by atoms with Crippen LogP contribution in [0.15, 0.2) is 29.2 Å². The molecule has 1 aliphatic heterocycles. The summed E-state index contributed by atoms with van der Waals surface area (Å²) in [6.45, 7) is 4.65. The van der Waals surface area contributed by atoms with E-state index in [1.807, 2.05) is 35.4 Å². The highest BCUT2D eigenvalue weighted by Gasteiger charge is 2.25. The Labute approximate surface area is 107 Å². The zero-order chi connectivity index (χ0) is 12.3. The number of hydrogen-bond donors (Lipinski definition) is 1. The Bertz CT molecular complexity index is 408. The molecule has 2 rings (SSSR count). The van der Waals surface area contributed by atoms with Crippen LogP contribution in [0.5, 0.6) is 0 Å². The summed E-state index contributed by atoms with van der Waals surface area (Å²) < 4.78 is 0. The molecule has 1 aliphatic rings. The van der Waals surface area contributed by atoms with E-state index in [4.69, 9.17) is 0 Å². The molecule has 0 bridgehead atoms. The molecule has 92 valence electrons. The van der Waals surface area contributed by atoms with Crippen molar-refractivity contribution in [2.75, 3.05) is 25.9 Å². The fourth-order valence-electron chi connectivity index (χ4n) is 2.12. The molecule has 4 heteroatoms. The molecule has 3 nitrogen and oxygen atoms in total. The molecule has 1 aromatic rings. The van der Waals surface area contributed by atoms with Gasteiger partial charge in [0.1, 0.15) is 0 Å². The van der Waals surface area contributed by atoms with E-state index >= 15 is 0 Å². The Kier molecular flexibility index (Phi) is 4.07. The van der Waals surface area contributed by atoms with E-state index in [9.17, 15) is 4.79 Å². The SMILES string of the molecule is CSc1ccccc1C(=O)N1CCNCC1C. The van der Waals surface area contributed by atoms with Gasteiger partial charge in [0.05, 0.1) is 5.56 Å². The third kappa shape index (κ3) is 2.64. The van der Waals surface area contributed by atoms with Crippen LogP contribution in [0, 0.1) is 0 Å². The quantitative estimate of drug-likeness (QED) is 0.813. The summed E-state index contributed by atoms with van der Waals surface area (Å²) in [6.07, 6.45) is 2.01. The fraction of sp³-hybridized carbons (Fsp3) is 0.462. The Morgan fingerprint density at radius 1 is 1.47 bits per heavy atom. The van der Waals surface area contributed by atoms with Crippen molar-refractivity contribution in [2.24, 2.45) is 0 Å². The maximum absolute atomic E-state index is 12.5. The second-order valence-electron chi connectivity index (χ2n) is 4.25. The van der Waals surface area contributed by atoms with Crippen LogP contribution in [0.25, 0.3) is 0 Å². The summed E-state index contributed by atoms with van der Waals surface area (Å²) in [5.41, 5.74) is 0.828.